The molecule has 1 heterocycles. The van der Waals surface area contributed by atoms with E-state index in [-0.39, 0.29) is 0 Å². The number of benzene rings is 1. The van der Waals surface area contributed by atoms with E-state index in [4.69, 9.17) is 4.98 Å². The van der Waals surface area contributed by atoms with Gasteiger partial charge in [0, 0.05) is 11.3 Å². The van der Waals surface area contributed by atoms with Gasteiger partial charge in [0.15, 0.2) is 4.34 Å². The number of nitrogens with zero attached hydrogens (tertiary/aromatic N) is 1. The molecule has 0 saturated heterocycles. The zero-order valence-electron chi connectivity index (χ0n) is 12.3. The largest absolute Gasteiger partial charge is 0.316 e. The first-order chi connectivity index (χ1) is 9.57. The molecule has 2 unspecified atom stereocenters. The lowest BCUT2D eigenvalue weighted by molar-refractivity contribution is 0.218. The Labute approximate surface area is 129 Å². The second kappa shape index (κ2) is 5.66. The van der Waals surface area contributed by atoms with Crippen molar-refractivity contribution in [2.75, 3.05) is 7.05 Å². The molecule has 1 fully saturated rings. The van der Waals surface area contributed by atoms with Crippen LogP contribution >= 0.6 is 23.1 Å². The number of rotatable bonds is 3. The molecule has 1 aromatic carbocycles. The van der Waals surface area contributed by atoms with Crippen LogP contribution in [-0.2, 0) is 0 Å². The highest BCUT2D eigenvalue weighted by Gasteiger charge is 2.35. The van der Waals surface area contributed by atoms with Gasteiger partial charge in [-0.2, -0.15) is 0 Å². The summed E-state index contributed by atoms with van der Waals surface area (Å²) in [6.07, 6.45) is 3.85. The average molecular weight is 307 g/mol. The minimum absolute atomic E-state index is 0.460. The summed E-state index contributed by atoms with van der Waals surface area (Å²) in [6, 6.07) is 9.04. The van der Waals surface area contributed by atoms with Gasteiger partial charge < -0.3 is 5.32 Å². The van der Waals surface area contributed by atoms with Gasteiger partial charge in [-0.15, -0.1) is 11.3 Å². The Bertz CT molecular complexity index is 558. The van der Waals surface area contributed by atoms with Crippen LogP contribution in [0.3, 0.4) is 0 Å². The number of aromatic nitrogens is 1. The lowest BCUT2D eigenvalue weighted by Crippen LogP contribution is -2.43. The maximum absolute atomic E-state index is 4.78. The van der Waals surface area contributed by atoms with Crippen LogP contribution in [0.5, 0.6) is 0 Å². The molecule has 2 nitrogen and oxygen atoms in total. The summed E-state index contributed by atoms with van der Waals surface area (Å²) in [4.78, 5) is 4.78. The van der Waals surface area contributed by atoms with E-state index in [0.717, 1.165) is 5.52 Å². The Morgan fingerprint density at radius 3 is 2.90 bits per heavy atom. The van der Waals surface area contributed by atoms with Gasteiger partial charge in [0.25, 0.3) is 0 Å². The van der Waals surface area contributed by atoms with Crippen LogP contribution in [0.25, 0.3) is 10.2 Å². The number of thioether (sulfide) groups is 1. The van der Waals surface area contributed by atoms with Crippen LogP contribution in [0.1, 0.15) is 33.1 Å². The van der Waals surface area contributed by atoms with E-state index in [1.165, 1.54) is 28.3 Å². The molecule has 0 bridgehead atoms. The third-order valence-electron chi connectivity index (χ3n) is 4.23. The van der Waals surface area contributed by atoms with Gasteiger partial charge >= 0.3 is 0 Å². The van der Waals surface area contributed by atoms with Gasteiger partial charge in [0.2, 0.25) is 0 Å². The number of fused-ring (bicyclic) bond motifs is 1. The molecule has 3 rings (SSSR count). The first-order valence-corrected chi connectivity index (χ1v) is 8.96. The number of thiazole rings is 1. The minimum Gasteiger partial charge on any atom is -0.316 e. The Kier molecular flexibility index (Phi) is 4.07. The van der Waals surface area contributed by atoms with Crippen molar-refractivity contribution in [3.05, 3.63) is 24.3 Å². The van der Waals surface area contributed by atoms with E-state index < -0.39 is 0 Å². The summed E-state index contributed by atoms with van der Waals surface area (Å²) < 4.78 is 2.51. The molecule has 1 aliphatic carbocycles. The zero-order valence-corrected chi connectivity index (χ0v) is 14.0. The molecule has 1 aromatic heterocycles. The fraction of sp³-hybridized carbons (Fsp3) is 0.562. The first kappa shape index (κ1) is 14.4. The van der Waals surface area contributed by atoms with E-state index in [0.29, 0.717) is 16.7 Å². The summed E-state index contributed by atoms with van der Waals surface area (Å²) in [5.74, 6) is 0. The molecule has 1 aliphatic rings. The Morgan fingerprint density at radius 2 is 2.15 bits per heavy atom. The second-order valence-corrected chi connectivity index (χ2v) is 8.92. The molecular formula is C16H22N2S2. The maximum atomic E-state index is 4.78. The van der Waals surface area contributed by atoms with Gasteiger partial charge in [0.1, 0.15) is 0 Å². The molecular weight excluding hydrogens is 284 g/mol. The van der Waals surface area contributed by atoms with E-state index in [9.17, 15) is 0 Å². The number of para-hydroxylation sites is 1. The molecule has 108 valence electrons. The van der Waals surface area contributed by atoms with Crippen molar-refractivity contribution >= 4 is 33.3 Å². The van der Waals surface area contributed by atoms with Crippen LogP contribution in [0.2, 0.25) is 0 Å². The first-order valence-electron chi connectivity index (χ1n) is 7.27. The van der Waals surface area contributed by atoms with Crippen molar-refractivity contribution in [3.8, 4) is 0 Å². The van der Waals surface area contributed by atoms with Crippen LogP contribution in [0, 0.1) is 5.41 Å². The molecule has 0 aliphatic heterocycles. The maximum Gasteiger partial charge on any atom is 0.151 e. The highest BCUT2D eigenvalue weighted by Crippen LogP contribution is 2.43. The van der Waals surface area contributed by atoms with E-state index in [2.05, 4.69) is 50.5 Å². The van der Waals surface area contributed by atoms with Gasteiger partial charge in [-0.3, -0.25) is 0 Å². The molecule has 1 N–H and O–H groups in total. The number of hydrogen-bond donors (Lipinski definition) is 1. The number of hydrogen-bond acceptors (Lipinski definition) is 4. The van der Waals surface area contributed by atoms with Gasteiger partial charge in [-0.25, -0.2) is 4.98 Å². The minimum atomic E-state index is 0.460. The Hall–Kier alpha value is -0.580. The fourth-order valence-corrected chi connectivity index (χ4v) is 5.92. The lowest BCUT2D eigenvalue weighted by Gasteiger charge is -2.40. The van der Waals surface area contributed by atoms with Crippen molar-refractivity contribution in [2.45, 2.75) is 48.7 Å². The summed E-state index contributed by atoms with van der Waals surface area (Å²) in [7, 11) is 2.09. The third-order valence-corrected chi connectivity index (χ3v) is 6.69. The summed E-state index contributed by atoms with van der Waals surface area (Å²) >= 11 is 3.80. The second-order valence-electron chi connectivity index (χ2n) is 6.41. The highest BCUT2D eigenvalue weighted by atomic mass is 32.2. The monoisotopic (exact) mass is 306 g/mol. The van der Waals surface area contributed by atoms with Crippen molar-refractivity contribution in [3.63, 3.8) is 0 Å². The van der Waals surface area contributed by atoms with Gasteiger partial charge in [-0.05, 0) is 43.9 Å². The predicted octanol–water partition coefficient (Wildman–Crippen LogP) is 4.56. The van der Waals surface area contributed by atoms with Crippen molar-refractivity contribution in [1.82, 2.24) is 10.3 Å². The molecule has 0 spiro atoms. The SMILES string of the molecule is CNC1CCC(C)(C)CC1Sc1nc2ccccc2s1. The summed E-state index contributed by atoms with van der Waals surface area (Å²) in [5.41, 5.74) is 1.60. The molecule has 4 heteroatoms. The fourth-order valence-electron chi connectivity index (χ4n) is 3.01. The highest BCUT2D eigenvalue weighted by molar-refractivity contribution is 8.01. The van der Waals surface area contributed by atoms with Crippen LogP contribution in [-0.4, -0.2) is 23.3 Å². The zero-order chi connectivity index (χ0) is 14.2. The van der Waals surface area contributed by atoms with Crippen molar-refractivity contribution < 1.29 is 0 Å². The smallest absolute Gasteiger partial charge is 0.151 e. The quantitative estimate of drug-likeness (QED) is 0.900. The molecule has 2 atom stereocenters. The van der Waals surface area contributed by atoms with E-state index in [1.807, 2.05) is 23.1 Å². The van der Waals surface area contributed by atoms with Crippen molar-refractivity contribution in [1.29, 1.82) is 0 Å². The summed E-state index contributed by atoms with van der Waals surface area (Å²) in [6.45, 7) is 4.79. The molecule has 20 heavy (non-hydrogen) atoms. The number of nitrogens with one attached hydrogen (secondary N) is 1. The summed E-state index contributed by atoms with van der Waals surface area (Å²) in [5, 5.41) is 4.13. The molecule has 0 radical (unpaired) electrons. The van der Waals surface area contributed by atoms with Gasteiger partial charge in [0.05, 0.1) is 10.2 Å². The van der Waals surface area contributed by atoms with Crippen LogP contribution in [0.4, 0.5) is 0 Å². The van der Waals surface area contributed by atoms with Gasteiger partial charge in [-0.1, -0.05) is 37.7 Å². The third kappa shape index (κ3) is 3.02. The topological polar surface area (TPSA) is 24.9 Å². The Balaban J connectivity index is 1.80. The molecule has 2 aromatic rings. The Morgan fingerprint density at radius 1 is 1.35 bits per heavy atom. The lowest BCUT2D eigenvalue weighted by atomic mass is 9.75. The van der Waals surface area contributed by atoms with Crippen LogP contribution < -0.4 is 5.32 Å². The molecule has 0 amide bonds. The normalized spacial score (nSPS) is 25.9. The standard InChI is InChI=1S/C16H22N2S2/c1-16(2)9-8-11(17-3)14(10-16)20-15-18-12-6-4-5-7-13(12)19-15/h4-7,11,14,17H,8-10H2,1-3H3. The van der Waals surface area contributed by atoms with Crippen molar-refractivity contribution in [2.24, 2.45) is 5.41 Å². The average Bonchev–Trinajstić information content (AvgIpc) is 2.80. The van der Waals surface area contributed by atoms with E-state index >= 15 is 0 Å². The molecule has 1 saturated carbocycles. The van der Waals surface area contributed by atoms with Crippen LogP contribution in [0.15, 0.2) is 28.6 Å². The van der Waals surface area contributed by atoms with E-state index in [1.54, 1.807) is 0 Å². The predicted molar refractivity (Wildman–Crippen MR) is 89.7 cm³/mol.